The van der Waals surface area contributed by atoms with Crippen LogP contribution in [0, 0.1) is 11.8 Å². The van der Waals surface area contributed by atoms with Crippen LogP contribution < -0.4 is 5.32 Å². The topological polar surface area (TPSA) is 89.9 Å². The zero-order valence-corrected chi connectivity index (χ0v) is 11.5. The second-order valence-electron chi connectivity index (χ2n) is 6.61. The van der Waals surface area contributed by atoms with Crippen molar-refractivity contribution in [3.05, 3.63) is 0 Å². The number of carboxylic acids is 1. The number of aliphatic hydroxyl groups is 1. The van der Waals surface area contributed by atoms with Crippen LogP contribution in [0.1, 0.15) is 38.5 Å². The second-order valence-corrected chi connectivity index (χ2v) is 6.61. The molecule has 3 aliphatic rings. The Kier molecular flexibility index (Phi) is 3.36. The SMILES string of the molecule is O=C(O)CC1(NC(=O)N2CC3CCC(O)C3C2)CCC1. The number of aliphatic hydroxyl groups excluding tert-OH is 1. The van der Waals surface area contributed by atoms with Crippen molar-refractivity contribution < 1.29 is 19.8 Å². The average Bonchev–Trinajstić information content (AvgIpc) is 2.88. The Morgan fingerprint density at radius 3 is 2.55 bits per heavy atom. The molecule has 6 heteroatoms. The molecule has 0 radical (unpaired) electrons. The number of urea groups is 1. The Balaban J connectivity index is 1.58. The molecule has 3 N–H and O–H groups in total. The van der Waals surface area contributed by atoms with Gasteiger partial charge < -0.3 is 20.4 Å². The summed E-state index contributed by atoms with van der Waals surface area (Å²) in [6, 6.07) is -0.160. The number of nitrogens with one attached hydrogen (secondary N) is 1. The predicted octanol–water partition coefficient (Wildman–Crippen LogP) is 0.796. The molecule has 0 bridgehead atoms. The van der Waals surface area contributed by atoms with Gasteiger partial charge in [-0.3, -0.25) is 4.79 Å². The Morgan fingerprint density at radius 2 is 2.00 bits per heavy atom. The Labute approximate surface area is 118 Å². The fraction of sp³-hybridized carbons (Fsp3) is 0.857. The van der Waals surface area contributed by atoms with Crippen LogP contribution in [0.3, 0.4) is 0 Å². The van der Waals surface area contributed by atoms with E-state index in [0.717, 1.165) is 32.1 Å². The van der Waals surface area contributed by atoms with Gasteiger partial charge in [-0.2, -0.15) is 0 Å². The van der Waals surface area contributed by atoms with Crippen molar-refractivity contribution in [1.29, 1.82) is 0 Å². The molecule has 0 aromatic heterocycles. The van der Waals surface area contributed by atoms with Crippen LogP contribution >= 0.6 is 0 Å². The van der Waals surface area contributed by atoms with Crippen molar-refractivity contribution in [2.24, 2.45) is 11.8 Å². The number of amides is 2. The lowest BCUT2D eigenvalue weighted by molar-refractivity contribution is -0.139. The number of hydrogen-bond donors (Lipinski definition) is 3. The summed E-state index contributed by atoms with van der Waals surface area (Å²) in [7, 11) is 0. The summed E-state index contributed by atoms with van der Waals surface area (Å²) in [6.07, 6.45) is 4.00. The first-order valence-electron chi connectivity index (χ1n) is 7.46. The highest BCUT2D eigenvalue weighted by Gasteiger charge is 2.46. The first-order valence-corrected chi connectivity index (χ1v) is 7.46. The van der Waals surface area contributed by atoms with Gasteiger partial charge in [-0.1, -0.05) is 0 Å². The van der Waals surface area contributed by atoms with Gasteiger partial charge in [0.2, 0.25) is 0 Å². The fourth-order valence-electron chi connectivity index (χ4n) is 3.95. The lowest BCUT2D eigenvalue weighted by Gasteiger charge is -2.42. The van der Waals surface area contributed by atoms with Crippen LogP contribution in [0.2, 0.25) is 0 Å². The van der Waals surface area contributed by atoms with Gasteiger partial charge in [0.15, 0.2) is 0 Å². The van der Waals surface area contributed by atoms with Crippen LogP contribution in [0.25, 0.3) is 0 Å². The van der Waals surface area contributed by atoms with Crippen LogP contribution in [0.15, 0.2) is 0 Å². The number of rotatable bonds is 3. The molecule has 0 aromatic carbocycles. The van der Waals surface area contributed by atoms with Gasteiger partial charge in [0.25, 0.3) is 0 Å². The first-order chi connectivity index (χ1) is 9.49. The third-order valence-electron chi connectivity index (χ3n) is 5.28. The van der Waals surface area contributed by atoms with Gasteiger partial charge in [-0.15, -0.1) is 0 Å². The van der Waals surface area contributed by atoms with E-state index < -0.39 is 11.5 Å². The van der Waals surface area contributed by atoms with E-state index in [2.05, 4.69) is 5.32 Å². The molecule has 6 nitrogen and oxygen atoms in total. The van der Waals surface area contributed by atoms with Crippen LogP contribution in [-0.4, -0.2) is 51.8 Å². The third-order valence-corrected chi connectivity index (χ3v) is 5.28. The van der Waals surface area contributed by atoms with Gasteiger partial charge in [0.05, 0.1) is 18.1 Å². The van der Waals surface area contributed by atoms with Crippen LogP contribution in [0.5, 0.6) is 0 Å². The summed E-state index contributed by atoms with van der Waals surface area (Å²) in [4.78, 5) is 25.0. The number of fused-ring (bicyclic) bond motifs is 1. The maximum absolute atomic E-state index is 12.3. The molecule has 1 aliphatic heterocycles. The van der Waals surface area contributed by atoms with Gasteiger partial charge in [0.1, 0.15) is 0 Å². The standard InChI is InChI=1S/C14H22N2O4/c17-11-3-2-9-7-16(8-10(9)11)13(20)15-14(4-1-5-14)6-12(18)19/h9-11,17H,1-8H2,(H,15,20)(H,18,19). The number of hydrogen-bond acceptors (Lipinski definition) is 3. The van der Waals surface area contributed by atoms with Crippen molar-refractivity contribution in [2.75, 3.05) is 13.1 Å². The van der Waals surface area contributed by atoms with E-state index in [1.807, 2.05) is 0 Å². The number of carbonyl (C=O) groups excluding carboxylic acids is 1. The van der Waals surface area contributed by atoms with E-state index in [1.54, 1.807) is 4.90 Å². The molecule has 1 heterocycles. The highest BCUT2D eigenvalue weighted by atomic mass is 16.4. The Morgan fingerprint density at radius 1 is 1.25 bits per heavy atom. The van der Waals surface area contributed by atoms with E-state index in [4.69, 9.17) is 5.11 Å². The lowest BCUT2D eigenvalue weighted by Crippen LogP contribution is -2.57. The molecule has 3 atom stereocenters. The van der Waals surface area contributed by atoms with Gasteiger partial charge in [-0.25, -0.2) is 4.79 Å². The molecule has 2 amide bonds. The maximum Gasteiger partial charge on any atom is 0.317 e. The van der Waals surface area contributed by atoms with E-state index in [-0.39, 0.29) is 24.5 Å². The van der Waals surface area contributed by atoms with E-state index >= 15 is 0 Å². The summed E-state index contributed by atoms with van der Waals surface area (Å²) >= 11 is 0. The predicted molar refractivity (Wildman–Crippen MR) is 71.2 cm³/mol. The smallest absolute Gasteiger partial charge is 0.317 e. The maximum atomic E-state index is 12.3. The third kappa shape index (κ3) is 2.37. The number of nitrogens with zero attached hydrogens (tertiary/aromatic N) is 1. The van der Waals surface area contributed by atoms with E-state index in [0.29, 0.717) is 19.0 Å². The van der Waals surface area contributed by atoms with Crippen LogP contribution in [0.4, 0.5) is 4.79 Å². The quantitative estimate of drug-likeness (QED) is 0.714. The van der Waals surface area contributed by atoms with Crippen LogP contribution in [-0.2, 0) is 4.79 Å². The van der Waals surface area contributed by atoms with Crippen molar-refractivity contribution in [3.63, 3.8) is 0 Å². The summed E-state index contributed by atoms with van der Waals surface area (Å²) in [5.74, 6) is -0.246. The van der Waals surface area contributed by atoms with E-state index in [1.165, 1.54) is 0 Å². The number of carboxylic acid groups (broad SMARTS) is 1. The summed E-state index contributed by atoms with van der Waals surface area (Å²) in [5, 5.41) is 21.8. The molecule has 3 fully saturated rings. The molecule has 0 aromatic rings. The Bertz CT molecular complexity index is 421. The zero-order valence-electron chi connectivity index (χ0n) is 11.5. The average molecular weight is 282 g/mol. The Hall–Kier alpha value is -1.30. The largest absolute Gasteiger partial charge is 0.481 e. The number of aliphatic carboxylic acids is 1. The minimum absolute atomic E-state index is 0.00205. The van der Waals surface area contributed by atoms with Crippen molar-refractivity contribution in [3.8, 4) is 0 Å². The molecular weight excluding hydrogens is 260 g/mol. The molecule has 20 heavy (non-hydrogen) atoms. The zero-order chi connectivity index (χ0) is 14.3. The molecular formula is C14H22N2O4. The number of carbonyl (C=O) groups is 2. The molecule has 3 unspecified atom stereocenters. The van der Waals surface area contributed by atoms with Gasteiger partial charge >= 0.3 is 12.0 Å². The van der Waals surface area contributed by atoms with Gasteiger partial charge in [0, 0.05) is 19.0 Å². The monoisotopic (exact) mass is 282 g/mol. The highest BCUT2D eigenvalue weighted by Crippen LogP contribution is 2.39. The van der Waals surface area contributed by atoms with E-state index in [9.17, 15) is 14.7 Å². The molecule has 2 aliphatic carbocycles. The molecule has 2 saturated carbocycles. The summed E-state index contributed by atoms with van der Waals surface area (Å²) in [6.45, 7) is 1.29. The second kappa shape index (κ2) is 4.91. The minimum atomic E-state index is -0.862. The van der Waals surface area contributed by atoms with Gasteiger partial charge in [-0.05, 0) is 38.0 Å². The minimum Gasteiger partial charge on any atom is -0.481 e. The van der Waals surface area contributed by atoms with Crippen molar-refractivity contribution in [2.45, 2.75) is 50.2 Å². The normalized spacial score (nSPS) is 34.5. The van der Waals surface area contributed by atoms with Crippen molar-refractivity contribution >= 4 is 12.0 Å². The molecule has 3 rings (SSSR count). The lowest BCUT2D eigenvalue weighted by atomic mass is 9.74. The summed E-state index contributed by atoms with van der Waals surface area (Å²) in [5.41, 5.74) is -0.542. The fourth-order valence-corrected chi connectivity index (χ4v) is 3.95. The summed E-state index contributed by atoms with van der Waals surface area (Å²) < 4.78 is 0. The number of likely N-dealkylation sites (tertiary alicyclic amines) is 1. The molecule has 0 spiro atoms. The highest BCUT2D eigenvalue weighted by molar-refractivity contribution is 5.77. The first kappa shape index (κ1) is 13.7. The molecule has 1 saturated heterocycles. The van der Waals surface area contributed by atoms with Crippen molar-refractivity contribution in [1.82, 2.24) is 10.2 Å². The molecule has 112 valence electrons.